The van der Waals surface area contributed by atoms with Crippen LogP contribution in [0.25, 0.3) is 0 Å². The Labute approximate surface area is 105 Å². The lowest BCUT2D eigenvalue weighted by Crippen LogP contribution is -2.31. The molecule has 0 bridgehead atoms. The van der Waals surface area contributed by atoms with Gasteiger partial charge in [0, 0.05) is 19.6 Å². The van der Waals surface area contributed by atoms with Crippen LogP contribution in [-0.4, -0.2) is 24.5 Å². The Morgan fingerprint density at radius 3 is 2.47 bits per heavy atom. The molecule has 0 amide bonds. The Hall–Kier alpha value is -0.860. The monoisotopic (exact) mass is 232 g/mol. The highest BCUT2D eigenvalue weighted by Crippen LogP contribution is 2.29. The van der Waals surface area contributed by atoms with Crippen molar-refractivity contribution < 1.29 is 0 Å². The molecular formula is C15H24N2. The van der Waals surface area contributed by atoms with Crippen molar-refractivity contribution in [3.8, 4) is 0 Å². The average Bonchev–Trinajstić information content (AvgIpc) is 2.28. The van der Waals surface area contributed by atoms with Gasteiger partial charge in [0.05, 0.1) is 0 Å². The van der Waals surface area contributed by atoms with Crippen molar-refractivity contribution in [3.05, 3.63) is 35.9 Å². The Kier molecular flexibility index (Phi) is 5.02. The smallest absolute Gasteiger partial charge is 0.0234 e. The fourth-order valence-corrected chi connectivity index (χ4v) is 2.44. The van der Waals surface area contributed by atoms with E-state index in [9.17, 15) is 0 Å². The molecule has 0 aromatic heterocycles. The highest BCUT2D eigenvalue weighted by Gasteiger charge is 2.18. The van der Waals surface area contributed by atoms with Crippen molar-refractivity contribution in [2.75, 3.05) is 19.6 Å². The molecule has 2 nitrogen and oxygen atoms in total. The molecule has 17 heavy (non-hydrogen) atoms. The van der Waals surface area contributed by atoms with E-state index in [2.05, 4.69) is 35.2 Å². The largest absolute Gasteiger partial charge is 0.329 e. The van der Waals surface area contributed by atoms with Crippen LogP contribution in [-0.2, 0) is 6.54 Å². The predicted molar refractivity (Wildman–Crippen MR) is 72.7 cm³/mol. The Morgan fingerprint density at radius 2 is 1.88 bits per heavy atom. The van der Waals surface area contributed by atoms with Crippen molar-refractivity contribution >= 4 is 0 Å². The van der Waals surface area contributed by atoms with Gasteiger partial charge >= 0.3 is 0 Å². The molecule has 0 unspecified atom stereocenters. The quantitative estimate of drug-likeness (QED) is 0.783. The molecule has 0 heterocycles. The van der Waals surface area contributed by atoms with Crippen molar-refractivity contribution in [2.45, 2.75) is 32.2 Å². The summed E-state index contributed by atoms with van der Waals surface area (Å²) in [5.41, 5.74) is 7.09. The first kappa shape index (κ1) is 12.6. The number of nitrogens with two attached hydrogens (primary N) is 1. The minimum absolute atomic E-state index is 0.761. The predicted octanol–water partition coefficient (Wildman–Crippen LogP) is 2.64. The van der Waals surface area contributed by atoms with E-state index in [1.165, 1.54) is 37.8 Å². The first-order chi connectivity index (χ1) is 8.38. The molecular weight excluding hydrogens is 208 g/mol. The molecule has 0 spiro atoms. The van der Waals surface area contributed by atoms with E-state index < -0.39 is 0 Å². The van der Waals surface area contributed by atoms with Crippen molar-refractivity contribution in [2.24, 2.45) is 11.7 Å². The van der Waals surface area contributed by atoms with Gasteiger partial charge in [0.1, 0.15) is 0 Å². The second-order valence-electron chi connectivity index (χ2n) is 5.14. The zero-order valence-corrected chi connectivity index (χ0v) is 10.6. The fourth-order valence-electron chi connectivity index (χ4n) is 2.44. The lowest BCUT2D eigenvalue weighted by Gasteiger charge is -2.29. The Balaban J connectivity index is 1.79. The van der Waals surface area contributed by atoms with Gasteiger partial charge in [-0.1, -0.05) is 49.6 Å². The highest BCUT2D eigenvalue weighted by atomic mass is 15.1. The summed E-state index contributed by atoms with van der Waals surface area (Å²) in [4.78, 5) is 2.49. The van der Waals surface area contributed by atoms with E-state index in [4.69, 9.17) is 5.73 Å². The molecule has 1 aliphatic rings. The van der Waals surface area contributed by atoms with Crippen LogP contribution in [0.15, 0.2) is 30.3 Å². The molecule has 0 atom stereocenters. The van der Waals surface area contributed by atoms with Gasteiger partial charge in [0.15, 0.2) is 0 Å². The molecule has 1 aliphatic carbocycles. The SMILES string of the molecule is NCCN(CCC1CCC1)Cc1ccccc1. The summed E-state index contributed by atoms with van der Waals surface area (Å²) in [5.74, 6) is 0.992. The van der Waals surface area contributed by atoms with Crippen LogP contribution in [0.2, 0.25) is 0 Å². The van der Waals surface area contributed by atoms with Crippen LogP contribution in [0.4, 0.5) is 0 Å². The van der Waals surface area contributed by atoms with Gasteiger partial charge in [-0.05, 0) is 24.4 Å². The van der Waals surface area contributed by atoms with Gasteiger partial charge in [-0.3, -0.25) is 4.90 Å². The van der Waals surface area contributed by atoms with Crippen LogP contribution in [0.5, 0.6) is 0 Å². The molecule has 0 aliphatic heterocycles. The summed E-state index contributed by atoms with van der Waals surface area (Å²) in [6.45, 7) is 4.03. The third kappa shape index (κ3) is 4.14. The van der Waals surface area contributed by atoms with Gasteiger partial charge in [0.25, 0.3) is 0 Å². The zero-order chi connectivity index (χ0) is 11.9. The van der Waals surface area contributed by atoms with E-state index in [0.29, 0.717) is 0 Å². The summed E-state index contributed by atoms with van der Waals surface area (Å²) in [7, 11) is 0. The van der Waals surface area contributed by atoms with Gasteiger partial charge in [-0.15, -0.1) is 0 Å². The topological polar surface area (TPSA) is 29.3 Å². The number of benzene rings is 1. The van der Waals surface area contributed by atoms with E-state index >= 15 is 0 Å². The zero-order valence-electron chi connectivity index (χ0n) is 10.6. The second-order valence-corrected chi connectivity index (χ2v) is 5.14. The molecule has 1 aromatic carbocycles. The highest BCUT2D eigenvalue weighted by molar-refractivity contribution is 5.14. The lowest BCUT2D eigenvalue weighted by molar-refractivity contribution is 0.211. The van der Waals surface area contributed by atoms with E-state index in [1.807, 2.05) is 0 Å². The number of rotatable bonds is 7. The first-order valence-electron chi connectivity index (χ1n) is 6.85. The number of hydrogen-bond acceptors (Lipinski definition) is 2. The number of hydrogen-bond donors (Lipinski definition) is 1. The van der Waals surface area contributed by atoms with Gasteiger partial charge in [-0.2, -0.15) is 0 Å². The summed E-state index contributed by atoms with van der Waals surface area (Å²) in [6.07, 6.45) is 5.69. The Bertz CT molecular complexity index is 306. The summed E-state index contributed by atoms with van der Waals surface area (Å²) >= 11 is 0. The third-order valence-corrected chi connectivity index (χ3v) is 3.77. The summed E-state index contributed by atoms with van der Waals surface area (Å²) < 4.78 is 0. The Morgan fingerprint density at radius 1 is 1.12 bits per heavy atom. The fraction of sp³-hybridized carbons (Fsp3) is 0.600. The molecule has 94 valence electrons. The van der Waals surface area contributed by atoms with Crippen molar-refractivity contribution in [1.29, 1.82) is 0 Å². The van der Waals surface area contributed by atoms with Crippen LogP contribution in [0.1, 0.15) is 31.2 Å². The standard InChI is InChI=1S/C15H24N2/c16-10-12-17(11-9-14-7-4-8-14)13-15-5-2-1-3-6-15/h1-3,5-6,14H,4,7-13,16H2. The van der Waals surface area contributed by atoms with Gasteiger partial charge in [-0.25, -0.2) is 0 Å². The average molecular weight is 232 g/mol. The van der Waals surface area contributed by atoms with Crippen LogP contribution in [0.3, 0.4) is 0 Å². The minimum atomic E-state index is 0.761. The summed E-state index contributed by atoms with van der Waals surface area (Å²) in [6, 6.07) is 10.7. The molecule has 1 aromatic rings. The molecule has 2 heteroatoms. The maximum Gasteiger partial charge on any atom is 0.0234 e. The minimum Gasteiger partial charge on any atom is -0.329 e. The maximum absolute atomic E-state index is 5.69. The maximum atomic E-state index is 5.69. The molecule has 0 saturated heterocycles. The van der Waals surface area contributed by atoms with Crippen LogP contribution >= 0.6 is 0 Å². The molecule has 2 N–H and O–H groups in total. The molecule has 0 radical (unpaired) electrons. The van der Waals surface area contributed by atoms with Crippen LogP contribution in [0, 0.1) is 5.92 Å². The first-order valence-corrected chi connectivity index (χ1v) is 6.85. The van der Waals surface area contributed by atoms with Crippen molar-refractivity contribution in [1.82, 2.24) is 4.90 Å². The normalized spacial score (nSPS) is 16.1. The number of nitrogens with zero attached hydrogens (tertiary/aromatic N) is 1. The third-order valence-electron chi connectivity index (χ3n) is 3.77. The van der Waals surface area contributed by atoms with Gasteiger partial charge in [0.2, 0.25) is 0 Å². The summed E-state index contributed by atoms with van der Waals surface area (Å²) in [5, 5.41) is 0. The molecule has 1 fully saturated rings. The van der Waals surface area contributed by atoms with Crippen LogP contribution < -0.4 is 5.73 Å². The van der Waals surface area contributed by atoms with E-state index in [0.717, 1.165) is 25.6 Å². The van der Waals surface area contributed by atoms with Gasteiger partial charge < -0.3 is 5.73 Å². The molecule has 2 rings (SSSR count). The van der Waals surface area contributed by atoms with Crippen molar-refractivity contribution in [3.63, 3.8) is 0 Å². The molecule has 1 saturated carbocycles. The lowest BCUT2D eigenvalue weighted by atomic mass is 9.83. The van der Waals surface area contributed by atoms with E-state index in [-0.39, 0.29) is 0 Å². The van der Waals surface area contributed by atoms with E-state index in [1.54, 1.807) is 0 Å². The second kappa shape index (κ2) is 6.77.